The number of rotatable bonds is 3. The van der Waals surface area contributed by atoms with Gasteiger partial charge in [0.15, 0.2) is 0 Å². The van der Waals surface area contributed by atoms with Crippen molar-refractivity contribution in [2.24, 2.45) is 5.92 Å². The third kappa shape index (κ3) is 1.64. The largest absolute Gasteiger partial charge is 0.481 e. The third-order valence-electron chi connectivity index (χ3n) is 1.91. The van der Waals surface area contributed by atoms with E-state index in [-0.39, 0.29) is 12.3 Å². The Labute approximate surface area is 70.5 Å². The van der Waals surface area contributed by atoms with Gasteiger partial charge >= 0.3 is 5.97 Å². The van der Waals surface area contributed by atoms with Crippen molar-refractivity contribution in [3.8, 4) is 0 Å². The Morgan fingerprint density at radius 3 is 2.92 bits per heavy atom. The summed E-state index contributed by atoms with van der Waals surface area (Å²) in [5.74, 6) is -1.52. The molecule has 1 unspecified atom stereocenters. The van der Waals surface area contributed by atoms with Crippen molar-refractivity contribution >= 4 is 11.9 Å². The fourth-order valence-electron chi connectivity index (χ4n) is 1.27. The van der Waals surface area contributed by atoms with Crippen LogP contribution < -0.4 is 0 Å². The second kappa shape index (κ2) is 3.38. The Kier molecular flexibility index (Phi) is 2.47. The molecule has 1 rings (SSSR count). The molecule has 1 aliphatic heterocycles. The van der Waals surface area contributed by atoms with Crippen molar-refractivity contribution in [3.63, 3.8) is 0 Å². The molecule has 0 saturated carbocycles. The Morgan fingerprint density at radius 1 is 1.83 bits per heavy atom. The minimum atomic E-state index is -0.894. The monoisotopic (exact) mass is 169 g/mol. The van der Waals surface area contributed by atoms with Crippen LogP contribution in [0.4, 0.5) is 0 Å². The van der Waals surface area contributed by atoms with Crippen molar-refractivity contribution in [1.29, 1.82) is 0 Å². The van der Waals surface area contributed by atoms with Gasteiger partial charge < -0.3 is 10.0 Å². The van der Waals surface area contributed by atoms with E-state index in [1.165, 1.54) is 4.90 Å². The highest BCUT2D eigenvalue weighted by Crippen LogP contribution is 2.17. The molecule has 1 fully saturated rings. The minimum Gasteiger partial charge on any atom is -0.481 e. The number of likely N-dealkylation sites (tertiary alicyclic amines) is 1. The van der Waals surface area contributed by atoms with Gasteiger partial charge in [0.05, 0.1) is 5.92 Å². The number of aliphatic carboxylic acids is 1. The van der Waals surface area contributed by atoms with Crippen molar-refractivity contribution in [2.45, 2.75) is 6.42 Å². The lowest BCUT2D eigenvalue weighted by Gasteiger charge is -2.11. The Morgan fingerprint density at radius 2 is 2.50 bits per heavy atom. The van der Waals surface area contributed by atoms with Crippen LogP contribution in [0.5, 0.6) is 0 Å². The second-order valence-electron chi connectivity index (χ2n) is 2.83. The molecule has 1 N–H and O–H groups in total. The molecule has 4 nitrogen and oxygen atoms in total. The number of nitrogens with zero attached hydrogens (tertiary/aromatic N) is 1. The average Bonchev–Trinajstić information content (AvgIpc) is 2.34. The minimum absolute atomic E-state index is 0.0951. The summed E-state index contributed by atoms with van der Waals surface area (Å²) in [6.07, 6.45) is 1.73. The van der Waals surface area contributed by atoms with Crippen molar-refractivity contribution in [3.05, 3.63) is 12.7 Å². The molecule has 1 aliphatic rings. The van der Waals surface area contributed by atoms with Crippen LogP contribution in [-0.2, 0) is 9.59 Å². The molecule has 0 aromatic rings. The smallest absolute Gasteiger partial charge is 0.308 e. The lowest BCUT2D eigenvalue weighted by Crippen LogP contribution is -2.26. The van der Waals surface area contributed by atoms with E-state index in [0.717, 1.165) is 0 Å². The molecule has 1 heterocycles. The number of carbonyl (C=O) groups excluding carboxylic acids is 1. The number of carboxylic acids is 1. The van der Waals surface area contributed by atoms with Gasteiger partial charge in [0.1, 0.15) is 0 Å². The predicted molar refractivity (Wildman–Crippen MR) is 42.5 cm³/mol. The molecule has 1 amide bonds. The normalized spacial score (nSPS) is 22.8. The van der Waals surface area contributed by atoms with E-state index in [9.17, 15) is 9.59 Å². The zero-order valence-electron chi connectivity index (χ0n) is 6.69. The molecule has 66 valence electrons. The van der Waals surface area contributed by atoms with Gasteiger partial charge in [0, 0.05) is 19.5 Å². The number of carbonyl (C=O) groups is 2. The Bertz CT molecular complexity index is 224. The first-order valence-corrected chi connectivity index (χ1v) is 3.76. The zero-order chi connectivity index (χ0) is 9.14. The van der Waals surface area contributed by atoms with E-state index in [1.807, 2.05) is 0 Å². The van der Waals surface area contributed by atoms with E-state index in [2.05, 4.69) is 6.58 Å². The molecule has 12 heavy (non-hydrogen) atoms. The van der Waals surface area contributed by atoms with Crippen LogP contribution in [0, 0.1) is 5.92 Å². The molecule has 0 radical (unpaired) electrons. The molecule has 0 spiro atoms. The lowest BCUT2D eigenvalue weighted by molar-refractivity contribution is -0.141. The summed E-state index contributed by atoms with van der Waals surface area (Å²) in [4.78, 5) is 23.1. The standard InChI is InChI=1S/C8H11NO3/c1-2-3-9-5-6(8(11)12)4-7(9)10/h2,6H,1,3-5H2,(H,11,12). The van der Waals surface area contributed by atoms with Crippen molar-refractivity contribution in [2.75, 3.05) is 13.1 Å². The van der Waals surface area contributed by atoms with Crippen LogP contribution >= 0.6 is 0 Å². The molecular weight excluding hydrogens is 158 g/mol. The van der Waals surface area contributed by atoms with Crippen molar-refractivity contribution < 1.29 is 14.7 Å². The average molecular weight is 169 g/mol. The second-order valence-corrected chi connectivity index (χ2v) is 2.83. The highest BCUT2D eigenvalue weighted by Gasteiger charge is 2.33. The fourth-order valence-corrected chi connectivity index (χ4v) is 1.27. The third-order valence-corrected chi connectivity index (χ3v) is 1.91. The van der Waals surface area contributed by atoms with Crippen LogP contribution in [0.2, 0.25) is 0 Å². The molecular formula is C8H11NO3. The topological polar surface area (TPSA) is 57.6 Å². The van der Waals surface area contributed by atoms with Gasteiger partial charge in [-0.1, -0.05) is 6.08 Å². The van der Waals surface area contributed by atoms with Crippen LogP contribution in [0.15, 0.2) is 12.7 Å². The Hall–Kier alpha value is -1.32. The maximum atomic E-state index is 11.1. The summed E-state index contributed by atoms with van der Waals surface area (Å²) in [5, 5.41) is 8.61. The summed E-state index contributed by atoms with van der Waals surface area (Å²) in [6.45, 7) is 4.25. The summed E-state index contributed by atoms with van der Waals surface area (Å²) in [7, 11) is 0. The molecule has 0 bridgehead atoms. The van der Waals surface area contributed by atoms with E-state index in [1.54, 1.807) is 6.08 Å². The molecule has 4 heteroatoms. The number of hydrogen-bond acceptors (Lipinski definition) is 2. The fraction of sp³-hybridized carbons (Fsp3) is 0.500. The predicted octanol–water partition coefficient (Wildman–Crippen LogP) is 0.106. The van der Waals surface area contributed by atoms with Gasteiger partial charge in [0.25, 0.3) is 0 Å². The first kappa shape index (κ1) is 8.77. The van der Waals surface area contributed by atoms with E-state index in [4.69, 9.17) is 5.11 Å². The van der Waals surface area contributed by atoms with Gasteiger partial charge in [-0.15, -0.1) is 6.58 Å². The SMILES string of the molecule is C=CCN1CC(C(=O)O)CC1=O. The first-order valence-electron chi connectivity index (χ1n) is 3.76. The molecule has 0 aromatic heterocycles. The number of carboxylic acid groups (broad SMARTS) is 1. The first-order chi connectivity index (χ1) is 5.65. The summed E-state index contributed by atoms with van der Waals surface area (Å²) in [6, 6.07) is 0. The summed E-state index contributed by atoms with van der Waals surface area (Å²) >= 11 is 0. The van der Waals surface area contributed by atoms with E-state index < -0.39 is 11.9 Å². The van der Waals surface area contributed by atoms with Crippen LogP contribution in [0.3, 0.4) is 0 Å². The van der Waals surface area contributed by atoms with Gasteiger partial charge in [-0.2, -0.15) is 0 Å². The van der Waals surface area contributed by atoms with E-state index >= 15 is 0 Å². The maximum Gasteiger partial charge on any atom is 0.308 e. The van der Waals surface area contributed by atoms with Gasteiger partial charge in [-0.3, -0.25) is 9.59 Å². The Balaban J connectivity index is 2.55. The lowest BCUT2D eigenvalue weighted by atomic mass is 10.1. The number of hydrogen-bond donors (Lipinski definition) is 1. The molecule has 1 saturated heterocycles. The van der Waals surface area contributed by atoms with Crippen LogP contribution in [0.25, 0.3) is 0 Å². The maximum absolute atomic E-state index is 11.1. The van der Waals surface area contributed by atoms with Crippen LogP contribution in [-0.4, -0.2) is 35.0 Å². The molecule has 1 atom stereocenters. The highest BCUT2D eigenvalue weighted by molar-refractivity contribution is 5.86. The number of amides is 1. The molecule has 0 aliphatic carbocycles. The van der Waals surface area contributed by atoms with Gasteiger partial charge in [0.2, 0.25) is 5.91 Å². The van der Waals surface area contributed by atoms with Crippen molar-refractivity contribution in [1.82, 2.24) is 4.90 Å². The zero-order valence-corrected chi connectivity index (χ0v) is 6.69. The highest BCUT2D eigenvalue weighted by atomic mass is 16.4. The van der Waals surface area contributed by atoms with Gasteiger partial charge in [-0.05, 0) is 0 Å². The quantitative estimate of drug-likeness (QED) is 0.610. The van der Waals surface area contributed by atoms with Crippen LogP contribution in [0.1, 0.15) is 6.42 Å². The van der Waals surface area contributed by atoms with Gasteiger partial charge in [-0.25, -0.2) is 0 Å². The molecule has 0 aromatic carbocycles. The summed E-state index contributed by atoms with van der Waals surface area (Å²) in [5.41, 5.74) is 0. The van der Waals surface area contributed by atoms with E-state index in [0.29, 0.717) is 13.1 Å². The summed E-state index contributed by atoms with van der Waals surface area (Å²) < 4.78 is 0.